The van der Waals surface area contributed by atoms with Gasteiger partial charge in [-0.25, -0.2) is 15.0 Å². The van der Waals surface area contributed by atoms with Crippen LogP contribution in [0.4, 0.5) is 11.6 Å². The van der Waals surface area contributed by atoms with E-state index in [1.807, 2.05) is 59.4 Å². The Morgan fingerprint density at radius 1 is 0.969 bits per heavy atom. The third-order valence-electron chi connectivity index (χ3n) is 5.87. The van der Waals surface area contributed by atoms with Crippen molar-refractivity contribution in [1.82, 2.24) is 19.4 Å². The van der Waals surface area contributed by atoms with Gasteiger partial charge >= 0.3 is 0 Å². The van der Waals surface area contributed by atoms with Crippen LogP contribution in [0.1, 0.15) is 31.2 Å². The molecule has 0 aliphatic heterocycles. The molecule has 3 heterocycles. The summed E-state index contributed by atoms with van der Waals surface area (Å²) < 4.78 is 2.05. The lowest BCUT2D eigenvalue weighted by Crippen LogP contribution is -2.33. The highest BCUT2D eigenvalue weighted by Gasteiger charge is 2.20. The summed E-state index contributed by atoms with van der Waals surface area (Å²) >= 11 is 0. The van der Waals surface area contributed by atoms with Crippen LogP contribution in [0.5, 0.6) is 0 Å². The molecule has 7 nitrogen and oxygen atoms in total. The van der Waals surface area contributed by atoms with Crippen molar-refractivity contribution in [3.05, 3.63) is 72.7 Å². The second-order valence-corrected chi connectivity index (χ2v) is 8.12. The van der Waals surface area contributed by atoms with E-state index in [-0.39, 0.29) is 12.4 Å². The fraction of sp³-hybridized carbons (Fsp3) is 0.292. The van der Waals surface area contributed by atoms with Crippen molar-refractivity contribution < 1.29 is 0 Å². The van der Waals surface area contributed by atoms with Crippen LogP contribution in [0, 0.1) is 0 Å². The lowest BCUT2D eigenvalue weighted by molar-refractivity contribution is 0.410. The van der Waals surface area contributed by atoms with E-state index < -0.39 is 0 Å². The largest absolute Gasteiger partial charge is 0.366 e. The van der Waals surface area contributed by atoms with Gasteiger partial charge in [-0.2, -0.15) is 0 Å². The second kappa shape index (κ2) is 9.97. The van der Waals surface area contributed by atoms with E-state index in [1.54, 1.807) is 0 Å². The summed E-state index contributed by atoms with van der Waals surface area (Å²) in [5.74, 6) is 1.65. The summed E-state index contributed by atoms with van der Waals surface area (Å²) in [6.07, 6.45) is 9.84. The zero-order valence-electron chi connectivity index (χ0n) is 17.8. The molecule has 4 aromatic rings. The van der Waals surface area contributed by atoms with Crippen molar-refractivity contribution in [2.45, 2.75) is 44.3 Å². The number of imidazole rings is 1. The third kappa shape index (κ3) is 4.84. The predicted octanol–water partition coefficient (Wildman–Crippen LogP) is 4.51. The molecule has 0 amide bonds. The summed E-state index contributed by atoms with van der Waals surface area (Å²) in [5.41, 5.74) is 9.88. The average molecular weight is 450 g/mol. The summed E-state index contributed by atoms with van der Waals surface area (Å²) in [7, 11) is 0. The van der Waals surface area contributed by atoms with Gasteiger partial charge in [0, 0.05) is 31.0 Å². The number of aromatic nitrogens is 4. The zero-order valence-corrected chi connectivity index (χ0v) is 18.6. The first-order valence-electron chi connectivity index (χ1n) is 10.9. The van der Waals surface area contributed by atoms with Crippen LogP contribution in [-0.4, -0.2) is 31.4 Å². The van der Waals surface area contributed by atoms with E-state index in [1.165, 1.54) is 5.56 Å². The molecule has 5 rings (SSSR count). The van der Waals surface area contributed by atoms with E-state index in [0.29, 0.717) is 12.1 Å². The highest BCUT2D eigenvalue weighted by atomic mass is 35.5. The number of hydrogen-bond acceptors (Lipinski definition) is 6. The number of nitrogens with one attached hydrogen (secondary N) is 2. The smallest absolute Gasteiger partial charge is 0.180 e. The van der Waals surface area contributed by atoms with Crippen molar-refractivity contribution in [2.24, 2.45) is 5.73 Å². The maximum Gasteiger partial charge on any atom is 0.180 e. The first-order valence-corrected chi connectivity index (χ1v) is 10.9. The Balaban J connectivity index is 0.00000245. The van der Waals surface area contributed by atoms with Crippen LogP contribution in [-0.2, 0) is 6.54 Å². The Bertz CT molecular complexity index is 1150. The normalized spacial score (nSPS) is 18.2. The Kier molecular flexibility index (Phi) is 6.87. The molecule has 0 radical (unpaired) electrons. The minimum atomic E-state index is 0. The standard InChI is InChI=1S/C24H27N7.ClH/c25-18-9-11-19(12-10-18)29-23-24-28-16-21(31(24)14-13-26-23)20-7-4-8-22(30-20)27-15-17-5-2-1-3-6-17;/h1-8,13-14,16,18-19H,9-12,15,25H2,(H,26,29)(H,27,30);1H. The fourth-order valence-corrected chi connectivity index (χ4v) is 4.13. The summed E-state index contributed by atoms with van der Waals surface area (Å²) in [6.45, 7) is 0.730. The lowest BCUT2D eigenvalue weighted by atomic mass is 9.92. The zero-order chi connectivity index (χ0) is 21.0. The average Bonchev–Trinajstić information content (AvgIpc) is 3.25. The van der Waals surface area contributed by atoms with Crippen LogP contribution >= 0.6 is 12.4 Å². The van der Waals surface area contributed by atoms with Crippen molar-refractivity contribution >= 4 is 29.7 Å². The minimum absolute atomic E-state index is 0. The van der Waals surface area contributed by atoms with Gasteiger partial charge in [0.25, 0.3) is 0 Å². The first-order chi connectivity index (χ1) is 15.3. The molecule has 166 valence electrons. The Morgan fingerprint density at radius 2 is 1.78 bits per heavy atom. The highest BCUT2D eigenvalue weighted by molar-refractivity contribution is 5.85. The molecule has 1 aromatic carbocycles. The molecule has 0 atom stereocenters. The number of pyridine rings is 1. The molecule has 32 heavy (non-hydrogen) atoms. The summed E-state index contributed by atoms with van der Waals surface area (Å²) in [6, 6.07) is 17.0. The highest BCUT2D eigenvalue weighted by Crippen LogP contribution is 2.26. The van der Waals surface area contributed by atoms with Gasteiger partial charge in [-0.1, -0.05) is 36.4 Å². The van der Waals surface area contributed by atoms with Gasteiger partial charge in [0.2, 0.25) is 0 Å². The molecule has 1 aliphatic rings. The number of rotatable bonds is 6. The number of benzene rings is 1. The minimum Gasteiger partial charge on any atom is -0.366 e. The SMILES string of the molecule is Cl.NC1CCC(Nc2nccn3c(-c4cccc(NCc5ccccc5)n4)cnc23)CC1. The number of fused-ring (bicyclic) bond motifs is 1. The predicted molar refractivity (Wildman–Crippen MR) is 131 cm³/mol. The van der Waals surface area contributed by atoms with Gasteiger partial charge in [-0.05, 0) is 43.4 Å². The van der Waals surface area contributed by atoms with Gasteiger partial charge in [0.05, 0.1) is 17.6 Å². The van der Waals surface area contributed by atoms with Crippen molar-refractivity contribution in [3.63, 3.8) is 0 Å². The van der Waals surface area contributed by atoms with E-state index in [2.05, 4.69) is 32.7 Å². The van der Waals surface area contributed by atoms with E-state index in [4.69, 9.17) is 10.7 Å². The van der Waals surface area contributed by atoms with Gasteiger partial charge in [-0.15, -0.1) is 12.4 Å². The molecule has 1 fully saturated rings. The molecule has 8 heteroatoms. The Hall–Kier alpha value is -3.16. The molecule has 1 saturated carbocycles. The number of nitrogens with zero attached hydrogens (tertiary/aromatic N) is 4. The molecular weight excluding hydrogens is 422 g/mol. The topological polar surface area (TPSA) is 93.2 Å². The number of nitrogens with two attached hydrogens (primary N) is 1. The molecule has 0 bridgehead atoms. The second-order valence-electron chi connectivity index (χ2n) is 8.12. The van der Waals surface area contributed by atoms with E-state index in [9.17, 15) is 0 Å². The summed E-state index contributed by atoms with van der Waals surface area (Å²) in [5, 5.41) is 6.98. The van der Waals surface area contributed by atoms with Crippen LogP contribution in [0.2, 0.25) is 0 Å². The quantitative estimate of drug-likeness (QED) is 0.401. The first kappa shape index (κ1) is 22.0. The van der Waals surface area contributed by atoms with Crippen molar-refractivity contribution in [2.75, 3.05) is 10.6 Å². The fourth-order valence-electron chi connectivity index (χ4n) is 4.13. The lowest BCUT2D eigenvalue weighted by Gasteiger charge is -2.27. The number of halogens is 1. The van der Waals surface area contributed by atoms with E-state index >= 15 is 0 Å². The maximum atomic E-state index is 6.04. The maximum absolute atomic E-state index is 6.04. The van der Waals surface area contributed by atoms with Gasteiger partial charge in [-0.3, -0.25) is 4.40 Å². The molecular formula is C24H28ClN7. The van der Waals surface area contributed by atoms with Gasteiger partial charge in [0.1, 0.15) is 5.82 Å². The van der Waals surface area contributed by atoms with Crippen molar-refractivity contribution in [3.8, 4) is 11.4 Å². The monoisotopic (exact) mass is 449 g/mol. The Labute approximate surface area is 193 Å². The molecule has 0 unspecified atom stereocenters. The van der Waals surface area contributed by atoms with Crippen LogP contribution in [0.25, 0.3) is 17.0 Å². The molecule has 1 aliphatic carbocycles. The molecule has 4 N–H and O–H groups in total. The molecule has 0 spiro atoms. The van der Waals surface area contributed by atoms with E-state index in [0.717, 1.165) is 60.9 Å². The number of hydrogen-bond donors (Lipinski definition) is 3. The Morgan fingerprint density at radius 3 is 2.59 bits per heavy atom. The van der Waals surface area contributed by atoms with Crippen LogP contribution < -0.4 is 16.4 Å². The summed E-state index contributed by atoms with van der Waals surface area (Å²) in [4.78, 5) is 14.0. The van der Waals surface area contributed by atoms with Crippen molar-refractivity contribution in [1.29, 1.82) is 0 Å². The van der Waals surface area contributed by atoms with Crippen LogP contribution in [0.3, 0.4) is 0 Å². The molecule has 0 saturated heterocycles. The van der Waals surface area contributed by atoms with Gasteiger partial charge < -0.3 is 16.4 Å². The van der Waals surface area contributed by atoms with Gasteiger partial charge in [0.15, 0.2) is 11.5 Å². The molecule has 3 aromatic heterocycles. The third-order valence-corrected chi connectivity index (χ3v) is 5.87. The number of anilines is 2. The van der Waals surface area contributed by atoms with Crippen LogP contribution in [0.15, 0.2) is 67.1 Å².